The highest BCUT2D eigenvalue weighted by Crippen LogP contribution is 1.99. The van der Waals surface area contributed by atoms with E-state index in [4.69, 9.17) is 9.47 Å². The van der Waals surface area contributed by atoms with Crippen molar-refractivity contribution < 1.29 is 19.1 Å². The van der Waals surface area contributed by atoms with Crippen LogP contribution in [0.2, 0.25) is 0 Å². The Balaban J connectivity index is 3.53. The molecule has 0 unspecified atom stereocenters. The molecule has 0 fully saturated rings. The topological polar surface area (TPSA) is 52.6 Å². The molecule has 0 N–H and O–H groups in total. The normalized spacial score (nSPS) is 11.2. The van der Waals surface area contributed by atoms with Crippen LogP contribution in [0.3, 0.4) is 0 Å². The molecule has 4 nitrogen and oxygen atoms in total. The van der Waals surface area contributed by atoms with Crippen molar-refractivity contribution >= 4 is 11.9 Å². The summed E-state index contributed by atoms with van der Waals surface area (Å²) in [5.74, 6) is -0.719. The molecule has 0 bridgehead atoms. The van der Waals surface area contributed by atoms with Gasteiger partial charge in [-0.15, -0.1) is 0 Å². The fraction of sp³-hybridized carbons (Fsp3) is 0.400. The molecule has 0 saturated heterocycles. The highest BCUT2D eigenvalue weighted by atomic mass is 16.5. The molecule has 0 spiro atoms. The number of allylic oxidation sites excluding steroid dienone is 4. The number of rotatable bonds is 12. The summed E-state index contributed by atoms with van der Waals surface area (Å²) in [5.41, 5.74) is 0.823. The molecule has 0 rings (SSSR count). The first kappa shape index (κ1) is 21.6. The van der Waals surface area contributed by atoms with E-state index in [-0.39, 0.29) is 25.2 Å². The van der Waals surface area contributed by atoms with E-state index in [0.29, 0.717) is 11.1 Å². The van der Waals surface area contributed by atoms with Gasteiger partial charge < -0.3 is 9.47 Å². The fourth-order valence-corrected chi connectivity index (χ4v) is 1.49. The van der Waals surface area contributed by atoms with Gasteiger partial charge in [-0.05, 0) is 39.5 Å². The Bertz CT molecular complexity index is 464. The summed E-state index contributed by atoms with van der Waals surface area (Å²) < 4.78 is 9.87. The lowest BCUT2D eigenvalue weighted by atomic mass is 10.2. The van der Waals surface area contributed by atoms with Crippen molar-refractivity contribution in [3.8, 4) is 0 Å². The third kappa shape index (κ3) is 13.3. The smallest absolute Gasteiger partial charge is 0.333 e. The van der Waals surface area contributed by atoms with Crippen molar-refractivity contribution in [1.82, 2.24) is 0 Å². The monoisotopic (exact) mass is 332 g/mol. The molecular weight excluding hydrogens is 304 g/mol. The summed E-state index contributed by atoms with van der Waals surface area (Å²) in [4.78, 5) is 22.2. The van der Waals surface area contributed by atoms with E-state index in [9.17, 15) is 9.59 Å². The Morgan fingerprint density at radius 3 is 1.25 bits per heavy atom. The first-order chi connectivity index (χ1) is 11.4. The van der Waals surface area contributed by atoms with Crippen molar-refractivity contribution in [2.75, 3.05) is 13.2 Å². The Labute approximate surface area is 145 Å². The van der Waals surface area contributed by atoms with Crippen LogP contribution in [0.1, 0.15) is 39.5 Å². The van der Waals surface area contributed by atoms with Gasteiger partial charge in [0.25, 0.3) is 0 Å². The van der Waals surface area contributed by atoms with Gasteiger partial charge in [-0.1, -0.05) is 49.6 Å². The zero-order valence-corrected chi connectivity index (χ0v) is 14.8. The van der Waals surface area contributed by atoms with Crippen LogP contribution in [-0.2, 0) is 19.1 Å². The molecule has 0 aromatic carbocycles. The Morgan fingerprint density at radius 1 is 0.667 bits per heavy atom. The maximum Gasteiger partial charge on any atom is 0.333 e. The third-order valence-corrected chi connectivity index (χ3v) is 2.82. The number of carbonyl (C=O) groups is 2. The van der Waals surface area contributed by atoms with E-state index in [2.05, 4.69) is 25.3 Å². The molecule has 0 saturated carbocycles. The SMILES string of the molecule is C=C(C)C(=O)OC/C=C/CC/C=C/CC/C=C/COC(=O)C(=C)C. The minimum absolute atomic E-state index is 0.288. The molecule has 0 radical (unpaired) electrons. The van der Waals surface area contributed by atoms with Crippen LogP contribution >= 0.6 is 0 Å². The molecule has 0 atom stereocenters. The molecule has 0 aliphatic heterocycles. The Kier molecular flexibility index (Phi) is 12.8. The van der Waals surface area contributed by atoms with Crippen LogP contribution in [0.5, 0.6) is 0 Å². The van der Waals surface area contributed by atoms with E-state index < -0.39 is 0 Å². The molecule has 132 valence electrons. The van der Waals surface area contributed by atoms with Crippen LogP contribution < -0.4 is 0 Å². The lowest BCUT2D eigenvalue weighted by Gasteiger charge is -1.99. The molecule has 0 aromatic rings. The second kappa shape index (κ2) is 14.2. The molecule has 0 amide bonds. The summed E-state index contributed by atoms with van der Waals surface area (Å²) in [7, 11) is 0. The summed E-state index contributed by atoms with van der Waals surface area (Å²) in [6, 6.07) is 0. The van der Waals surface area contributed by atoms with Crippen LogP contribution in [0.15, 0.2) is 60.8 Å². The molecule has 0 heterocycles. The van der Waals surface area contributed by atoms with Crippen molar-refractivity contribution in [2.45, 2.75) is 39.5 Å². The maximum atomic E-state index is 11.1. The average Bonchev–Trinajstić information content (AvgIpc) is 2.54. The van der Waals surface area contributed by atoms with Crippen molar-refractivity contribution in [3.63, 3.8) is 0 Å². The van der Waals surface area contributed by atoms with E-state index >= 15 is 0 Å². The van der Waals surface area contributed by atoms with E-state index in [1.807, 2.05) is 24.3 Å². The summed E-state index contributed by atoms with van der Waals surface area (Å²) in [6.07, 6.45) is 15.6. The van der Waals surface area contributed by atoms with Crippen LogP contribution in [0.25, 0.3) is 0 Å². The summed E-state index contributed by atoms with van der Waals surface area (Å²) >= 11 is 0. The third-order valence-electron chi connectivity index (χ3n) is 2.82. The molecule has 0 aromatic heterocycles. The van der Waals surface area contributed by atoms with Crippen LogP contribution in [0.4, 0.5) is 0 Å². The van der Waals surface area contributed by atoms with Crippen LogP contribution in [-0.4, -0.2) is 25.2 Å². The molecule has 0 aliphatic carbocycles. The molecular formula is C20H28O4. The van der Waals surface area contributed by atoms with Gasteiger partial charge in [0.2, 0.25) is 0 Å². The minimum Gasteiger partial charge on any atom is -0.458 e. The fourth-order valence-electron chi connectivity index (χ4n) is 1.49. The van der Waals surface area contributed by atoms with Crippen molar-refractivity contribution in [3.05, 3.63) is 60.8 Å². The van der Waals surface area contributed by atoms with Gasteiger partial charge in [-0.25, -0.2) is 9.59 Å². The first-order valence-electron chi connectivity index (χ1n) is 8.05. The Hall–Kier alpha value is -2.36. The summed E-state index contributed by atoms with van der Waals surface area (Å²) in [5, 5.41) is 0. The predicted molar refractivity (Wildman–Crippen MR) is 97.4 cm³/mol. The van der Waals surface area contributed by atoms with E-state index in [1.165, 1.54) is 0 Å². The molecule has 0 aliphatic rings. The van der Waals surface area contributed by atoms with E-state index in [0.717, 1.165) is 25.7 Å². The van der Waals surface area contributed by atoms with Gasteiger partial charge in [0.05, 0.1) is 0 Å². The lowest BCUT2D eigenvalue weighted by Crippen LogP contribution is -2.04. The first-order valence-corrected chi connectivity index (χ1v) is 8.05. The number of hydrogen-bond donors (Lipinski definition) is 0. The quantitative estimate of drug-likeness (QED) is 0.229. The standard InChI is InChI=1S/C20H28O4/c1-17(2)19(21)23-15-13-11-9-7-5-6-8-10-12-14-16-24-20(22)18(3)4/h5-6,11-14H,1,3,7-10,15-16H2,2,4H3/b6-5+,13-11+,14-12+. The zero-order chi connectivity index (χ0) is 18.2. The largest absolute Gasteiger partial charge is 0.458 e. The highest BCUT2D eigenvalue weighted by Gasteiger charge is 2.00. The van der Waals surface area contributed by atoms with Gasteiger partial charge in [0.15, 0.2) is 0 Å². The minimum atomic E-state index is -0.359. The number of hydrogen-bond acceptors (Lipinski definition) is 4. The van der Waals surface area contributed by atoms with Gasteiger partial charge in [-0.2, -0.15) is 0 Å². The van der Waals surface area contributed by atoms with Gasteiger partial charge in [0, 0.05) is 11.1 Å². The van der Waals surface area contributed by atoms with E-state index in [1.54, 1.807) is 13.8 Å². The second-order valence-corrected chi connectivity index (χ2v) is 5.33. The highest BCUT2D eigenvalue weighted by molar-refractivity contribution is 5.87. The van der Waals surface area contributed by atoms with Gasteiger partial charge in [-0.3, -0.25) is 0 Å². The zero-order valence-electron chi connectivity index (χ0n) is 14.8. The van der Waals surface area contributed by atoms with Crippen molar-refractivity contribution in [2.24, 2.45) is 0 Å². The number of ether oxygens (including phenoxy) is 2. The number of esters is 2. The number of carbonyl (C=O) groups excluding carboxylic acids is 2. The Morgan fingerprint density at radius 2 is 0.958 bits per heavy atom. The van der Waals surface area contributed by atoms with Gasteiger partial charge >= 0.3 is 11.9 Å². The van der Waals surface area contributed by atoms with Crippen LogP contribution in [0, 0.1) is 0 Å². The molecule has 24 heavy (non-hydrogen) atoms. The molecule has 4 heteroatoms. The average molecular weight is 332 g/mol. The number of unbranched alkanes of at least 4 members (excludes halogenated alkanes) is 2. The lowest BCUT2D eigenvalue weighted by molar-refractivity contribution is -0.138. The van der Waals surface area contributed by atoms with Gasteiger partial charge in [0.1, 0.15) is 13.2 Å². The van der Waals surface area contributed by atoms with Crippen molar-refractivity contribution in [1.29, 1.82) is 0 Å². The summed E-state index contributed by atoms with van der Waals surface area (Å²) in [6.45, 7) is 10.9. The maximum absolute atomic E-state index is 11.1. The predicted octanol–water partition coefficient (Wildman–Crippen LogP) is 4.45. The second-order valence-electron chi connectivity index (χ2n) is 5.33.